The largest absolute Gasteiger partial charge is 0.389 e. The fourth-order valence-electron chi connectivity index (χ4n) is 3.67. The topological polar surface area (TPSA) is 23.5 Å². The maximum Gasteiger partial charge on any atom is 0.0774 e. The van der Waals surface area contributed by atoms with Crippen LogP contribution in [0.4, 0.5) is 0 Å². The zero-order valence-electron chi connectivity index (χ0n) is 12.1. The van der Waals surface area contributed by atoms with Gasteiger partial charge in [0.25, 0.3) is 0 Å². The molecule has 0 unspecified atom stereocenters. The second-order valence-corrected chi connectivity index (χ2v) is 6.64. The highest BCUT2D eigenvalue weighted by Crippen LogP contribution is 2.38. The Morgan fingerprint density at radius 3 is 2.39 bits per heavy atom. The molecule has 0 bridgehead atoms. The molecule has 104 valence electrons. The van der Waals surface area contributed by atoms with Crippen LogP contribution in [0.1, 0.15) is 58.8 Å². The van der Waals surface area contributed by atoms with Gasteiger partial charge in [0.1, 0.15) is 0 Å². The van der Waals surface area contributed by atoms with E-state index in [4.69, 9.17) is 0 Å². The summed E-state index contributed by atoms with van der Waals surface area (Å²) in [5, 5.41) is 10.7. The van der Waals surface area contributed by atoms with Gasteiger partial charge in [0.2, 0.25) is 0 Å². The smallest absolute Gasteiger partial charge is 0.0774 e. The van der Waals surface area contributed by atoms with E-state index < -0.39 is 5.60 Å². The SMILES string of the molecule is C=C(C)[C@H]1CC[C@@](C)(O)[C@@H](N2CCCCCC2)C1. The highest BCUT2D eigenvalue weighted by atomic mass is 16.3. The summed E-state index contributed by atoms with van der Waals surface area (Å²) in [5.74, 6) is 0.610. The fraction of sp³-hybridized carbons (Fsp3) is 0.875. The van der Waals surface area contributed by atoms with Crippen molar-refractivity contribution in [2.45, 2.75) is 70.4 Å². The zero-order chi connectivity index (χ0) is 13.2. The van der Waals surface area contributed by atoms with Crippen LogP contribution in [0.25, 0.3) is 0 Å². The normalized spacial score (nSPS) is 39.3. The van der Waals surface area contributed by atoms with Gasteiger partial charge < -0.3 is 5.11 Å². The van der Waals surface area contributed by atoms with Crippen molar-refractivity contribution in [3.63, 3.8) is 0 Å². The lowest BCUT2D eigenvalue weighted by atomic mass is 9.73. The van der Waals surface area contributed by atoms with Crippen molar-refractivity contribution in [3.05, 3.63) is 12.2 Å². The van der Waals surface area contributed by atoms with Gasteiger partial charge >= 0.3 is 0 Å². The van der Waals surface area contributed by atoms with Crippen molar-refractivity contribution in [3.8, 4) is 0 Å². The molecule has 0 aromatic rings. The lowest BCUT2D eigenvalue weighted by molar-refractivity contribution is -0.0684. The van der Waals surface area contributed by atoms with Gasteiger partial charge in [-0.15, -0.1) is 0 Å². The third-order valence-electron chi connectivity index (χ3n) is 5.00. The summed E-state index contributed by atoms with van der Waals surface area (Å²) in [6.07, 6.45) is 8.43. The zero-order valence-corrected chi connectivity index (χ0v) is 12.1. The highest BCUT2D eigenvalue weighted by molar-refractivity contribution is 5.05. The molecule has 1 aliphatic carbocycles. The molecule has 0 radical (unpaired) electrons. The van der Waals surface area contributed by atoms with Gasteiger partial charge in [-0.2, -0.15) is 0 Å². The van der Waals surface area contributed by atoms with E-state index in [-0.39, 0.29) is 0 Å². The van der Waals surface area contributed by atoms with E-state index in [1.165, 1.54) is 44.3 Å². The molecule has 1 saturated carbocycles. The van der Waals surface area contributed by atoms with Crippen LogP contribution in [-0.4, -0.2) is 34.7 Å². The van der Waals surface area contributed by atoms with E-state index in [0.29, 0.717) is 12.0 Å². The van der Waals surface area contributed by atoms with Gasteiger partial charge in [-0.1, -0.05) is 25.0 Å². The van der Waals surface area contributed by atoms with Crippen LogP contribution in [0.3, 0.4) is 0 Å². The summed E-state index contributed by atoms with van der Waals surface area (Å²) in [7, 11) is 0. The van der Waals surface area contributed by atoms with Gasteiger partial charge in [0, 0.05) is 6.04 Å². The molecule has 18 heavy (non-hydrogen) atoms. The monoisotopic (exact) mass is 251 g/mol. The number of hydrogen-bond acceptors (Lipinski definition) is 2. The van der Waals surface area contributed by atoms with Crippen molar-refractivity contribution in [2.75, 3.05) is 13.1 Å². The molecular formula is C16H29NO. The lowest BCUT2D eigenvalue weighted by Crippen LogP contribution is -2.54. The Bertz CT molecular complexity index is 289. The Morgan fingerprint density at radius 2 is 1.83 bits per heavy atom. The number of allylic oxidation sites excluding steroid dienone is 1. The van der Waals surface area contributed by atoms with Gasteiger partial charge in [-0.3, -0.25) is 4.90 Å². The summed E-state index contributed by atoms with van der Waals surface area (Å²) in [5.41, 5.74) is 0.793. The van der Waals surface area contributed by atoms with Gasteiger partial charge in [0.05, 0.1) is 5.60 Å². The Labute approximate surface area is 112 Å². The summed E-state index contributed by atoms with van der Waals surface area (Å²) < 4.78 is 0. The van der Waals surface area contributed by atoms with Crippen molar-refractivity contribution in [1.29, 1.82) is 0 Å². The minimum absolute atomic E-state index is 0.339. The van der Waals surface area contributed by atoms with Gasteiger partial charge in [-0.05, 0) is 65.0 Å². The first-order valence-electron chi connectivity index (χ1n) is 7.62. The quantitative estimate of drug-likeness (QED) is 0.761. The molecule has 2 heteroatoms. The molecule has 0 aromatic heterocycles. The minimum atomic E-state index is -0.504. The van der Waals surface area contributed by atoms with Crippen molar-refractivity contribution >= 4 is 0 Å². The van der Waals surface area contributed by atoms with Crippen LogP contribution in [0, 0.1) is 5.92 Å². The molecule has 2 fully saturated rings. The Morgan fingerprint density at radius 1 is 1.22 bits per heavy atom. The Balaban J connectivity index is 2.07. The summed E-state index contributed by atoms with van der Waals surface area (Å²) in [6, 6.07) is 0.339. The van der Waals surface area contributed by atoms with E-state index in [1.54, 1.807) is 0 Å². The number of hydrogen-bond donors (Lipinski definition) is 1. The summed E-state index contributed by atoms with van der Waals surface area (Å²) >= 11 is 0. The van der Waals surface area contributed by atoms with Crippen LogP contribution < -0.4 is 0 Å². The summed E-state index contributed by atoms with van der Waals surface area (Å²) in [6.45, 7) is 10.6. The molecule has 0 spiro atoms. The van der Waals surface area contributed by atoms with Crippen LogP contribution >= 0.6 is 0 Å². The number of rotatable bonds is 2. The molecule has 0 amide bonds. The molecule has 2 nitrogen and oxygen atoms in total. The molecule has 2 rings (SSSR count). The second-order valence-electron chi connectivity index (χ2n) is 6.64. The Hall–Kier alpha value is -0.340. The molecule has 1 aliphatic heterocycles. The standard InChI is InChI=1S/C16H29NO/c1-13(2)14-8-9-16(3,18)15(12-14)17-10-6-4-5-7-11-17/h14-15,18H,1,4-12H2,2-3H3/t14-,15-,16+/m0/s1. The van der Waals surface area contributed by atoms with E-state index in [0.717, 1.165) is 19.3 Å². The van der Waals surface area contributed by atoms with E-state index >= 15 is 0 Å². The fourth-order valence-corrected chi connectivity index (χ4v) is 3.67. The second kappa shape index (κ2) is 5.75. The van der Waals surface area contributed by atoms with Crippen molar-refractivity contribution in [2.24, 2.45) is 5.92 Å². The number of aliphatic hydroxyl groups is 1. The first-order chi connectivity index (χ1) is 8.50. The first kappa shape index (κ1) is 14.1. The van der Waals surface area contributed by atoms with Crippen LogP contribution in [0.5, 0.6) is 0 Å². The molecule has 1 N–H and O–H groups in total. The maximum absolute atomic E-state index is 10.7. The highest BCUT2D eigenvalue weighted by Gasteiger charge is 2.41. The predicted octanol–water partition coefficient (Wildman–Crippen LogP) is 3.36. The number of nitrogens with zero attached hydrogens (tertiary/aromatic N) is 1. The van der Waals surface area contributed by atoms with Crippen molar-refractivity contribution in [1.82, 2.24) is 4.90 Å². The van der Waals surface area contributed by atoms with Gasteiger partial charge in [0.15, 0.2) is 0 Å². The molecule has 1 heterocycles. The van der Waals surface area contributed by atoms with Crippen LogP contribution in [0.2, 0.25) is 0 Å². The predicted molar refractivity (Wildman–Crippen MR) is 76.6 cm³/mol. The Kier molecular flexibility index (Phi) is 4.50. The maximum atomic E-state index is 10.7. The van der Waals surface area contributed by atoms with Crippen molar-refractivity contribution < 1.29 is 5.11 Å². The minimum Gasteiger partial charge on any atom is -0.389 e. The van der Waals surface area contributed by atoms with Gasteiger partial charge in [-0.25, -0.2) is 0 Å². The van der Waals surface area contributed by atoms with E-state index in [2.05, 4.69) is 18.4 Å². The lowest BCUT2D eigenvalue weighted by Gasteiger charge is -2.46. The average molecular weight is 251 g/mol. The van der Waals surface area contributed by atoms with Crippen LogP contribution in [0.15, 0.2) is 12.2 Å². The molecular weight excluding hydrogens is 222 g/mol. The van der Waals surface area contributed by atoms with E-state index in [9.17, 15) is 5.11 Å². The summed E-state index contributed by atoms with van der Waals surface area (Å²) in [4.78, 5) is 2.56. The molecule has 0 aromatic carbocycles. The molecule has 2 aliphatic rings. The molecule has 1 saturated heterocycles. The van der Waals surface area contributed by atoms with E-state index in [1.807, 2.05) is 6.92 Å². The number of likely N-dealkylation sites (tertiary alicyclic amines) is 1. The first-order valence-corrected chi connectivity index (χ1v) is 7.62. The average Bonchev–Trinajstić information content (AvgIpc) is 2.56. The molecule has 3 atom stereocenters. The van der Waals surface area contributed by atoms with Crippen LogP contribution in [-0.2, 0) is 0 Å². The third-order valence-corrected chi connectivity index (χ3v) is 5.00. The third kappa shape index (κ3) is 3.16.